The number of hydrogen-bond donors (Lipinski definition) is 3. The number of rotatable bonds is 6. The highest BCUT2D eigenvalue weighted by Crippen LogP contribution is 2.05. The molecule has 0 aliphatic rings. The number of nitrogens with zero attached hydrogens (tertiary/aromatic N) is 4. The molecule has 2 heterocycles. The number of carbonyl (C=O) groups is 2. The third kappa shape index (κ3) is 4.52. The molecule has 0 atom stereocenters. The first-order valence-corrected chi connectivity index (χ1v) is 9.70. The summed E-state index contributed by atoms with van der Waals surface area (Å²) in [5.41, 5.74) is 0.595. The molecule has 2 aromatic heterocycles. The lowest BCUT2D eigenvalue weighted by molar-refractivity contribution is -0.119. The molecule has 11 heteroatoms. The maximum Gasteiger partial charge on any atom is 0.322 e. The highest BCUT2D eigenvalue weighted by Gasteiger charge is 2.09. The van der Waals surface area contributed by atoms with E-state index in [2.05, 4.69) is 25.9 Å². The van der Waals surface area contributed by atoms with Crippen LogP contribution in [0, 0.1) is 0 Å². The van der Waals surface area contributed by atoms with Gasteiger partial charge in [0.1, 0.15) is 6.67 Å². The normalized spacial score (nSPS) is 10.9. The van der Waals surface area contributed by atoms with Gasteiger partial charge in [-0.25, -0.2) is 14.8 Å². The maximum absolute atomic E-state index is 12.4. The van der Waals surface area contributed by atoms with Gasteiger partial charge in [0.2, 0.25) is 5.91 Å². The quantitative estimate of drug-likeness (QED) is 0.393. The van der Waals surface area contributed by atoms with E-state index >= 15 is 0 Å². The van der Waals surface area contributed by atoms with Gasteiger partial charge >= 0.3 is 6.03 Å². The minimum atomic E-state index is -0.763. The highest BCUT2D eigenvalue weighted by atomic mass is 16.2. The second-order valence-corrected chi connectivity index (χ2v) is 6.87. The maximum atomic E-state index is 12.4. The van der Waals surface area contributed by atoms with Gasteiger partial charge in [0.25, 0.3) is 11.1 Å². The molecule has 0 radical (unpaired) electrons. The third-order valence-corrected chi connectivity index (χ3v) is 4.69. The summed E-state index contributed by atoms with van der Waals surface area (Å²) >= 11 is 0. The number of para-hydroxylation sites is 2. The zero-order valence-corrected chi connectivity index (χ0v) is 16.8. The molecule has 0 saturated carbocycles. The van der Waals surface area contributed by atoms with E-state index < -0.39 is 11.9 Å². The summed E-state index contributed by atoms with van der Waals surface area (Å²) in [7, 11) is 0. The van der Waals surface area contributed by atoms with Crippen molar-refractivity contribution in [3.63, 3.8) is 0 Å². The number of hydrogen-bond acceptors (Lipinski definition) is 7. The van der Waals surface area contributed by atoms with E-state index in [0.717, 1.165) is 0 Å². The summed E-state index contributed by atoms with van der Waals surface area (Å²) in [6, 6.07) is 13.1. The van der Waals surface area contributed by atoms with Gasteiger partial charge in [-0.05, 0) is 24.3 Å². The molecule has 0 aliphatic carbocycles. The van der Waals surface area contributed by atoms with Crippen molar-refractivity contribution in [2.75, 3.05) is 6.54 Å². The SMILES string of the molecule is O=C(CNCn1cnc2ccccc2c1=O)NC(=O)NCn1cnc2ccccc2c1=O. The van der Waals surface area contributed by atoms with Crippen LogP contribution in [0.1, 0.15) is 0 Å². The molecule has 2 aromatic carbocycles. The number of amides is 3. The molecule has 0 saturated heterocycles. The van der Waals surface area contributed by atoms with Crippen LogP contribution in [0.15, 0.2) is 70.8 Å². The monoisotopic (exact) mass is 433 g/mol. The van der Waals surface area contributed by atoms with Crippen LogP contribution in [0.2, 0.25) is 0 Å². The van der Waals surface area contributed by atoms with E-state index in [1.807, 2.05) is 0 Å². The summed E-state index contributed by atoms with van der Waals surface area (Å²) in [6.45, 7) is -0.310. The smallest absolute Gasteiger partial charge is 0.320 e. The standard InChI is InChI=1S/C21H19N7O4/c29-18(9-22-10-27-11-23-16-7-3-1-5-14(16)19(27)30)26-21(32)25-13-28-12-24-17-8-4-2-6-15(17)20(28)31/h1-8,11-12,22H,9-10,13H2,(H2,25,26,29,32). The Bertz CT molecular complexity index is 1430. The molecular formula is C21H19N7O4. The lowest BCUT2D eigenvalue weighted by atomic mass is 10.2. The first-order chi connectivity index (χ1) is 15.5. The molecule has 3 N–H and O–H groups in total. The van der Waals surface area contributed by atoms with Gasteiger partial charge in [0.15, 0.2) is 0 Å². The Morgan fingerprint density at radius 1 is 0.781 bits per heavy atom. The fraction of sp³-hybridized carbons (Fsp3) is 0.143. The fourth-order valence-electron chi connectivity index (χ4n) is 3.10. The van der Waals surface area contributed by atoms with Crippen LogP contribution < -0.4 is 27.1 Å². The summed E-state index contributed by atoms with van der Waals surface area (Å²) < 4.78 is 2.55. The molecule has 0 spiro atoms. The van der Waals surface area contributed by atoms with Crippen molar-refractivity contribution < 1.29 is 9.59 Å². The second-order valence-electron chi connectivity index (χ2n) is 6.87. The number of carbonyl (C=O) groups excluding carboxylic acids is 2. The minimum absolute atomic E-state index is 0.0455. The van der Waals surface area contributed by atoms with Crippen LogP contribution >= 0.6 is 0 Å². The van der Waals surface area contributed by atoms with Crippen molar-refractivity contribution in [2.24, 2.45) is 0 Å². The molecule has 0 aliphatic heterocycles. The van der Waals surface area contributed by atoms with E-state index in [4.69, 9.17) is 0 Å². The molecule has 32 heavy (non-hydrogen) atoms. The van der Waals surface area contributed by atoms with Crippen molar-refractivity contribution in [1.29, 1.82) is 0 Å². The van der Waals surface area contributed by atoms with Crippen LogP contribution in [-0.2, 0) is 18.1 Å². The van der Waals surface area contributed by atoms with Gasteiger partial charge in [-0.3, -0.25) is 34.2 Å². The largest absolute Gasteiger partial charge is 0.322 e. The first-order valence-electron chi connectivity index (χ1n) is 9.70. The average Bonchev–Trinajstić information content (AvgIpc) is 2.80. The molecule has 4 aromatic rings. The number of fused-ring (bicyclic) bond motifs is 2. The summed E-state index contributed by atoms with van der Waals surface area (Å²) in [6.07, 6.45) is 2.71. The van der Waals surface area contributed by atoms with E-state index in [0.29, 0.717) is 21.8 Å². The Morgan fingerprint density at radius 2 is 1.31 bits per heavy atom. The summed E-state index contributed by atoms with van der Waals surface area (Å²) in [5.74, 6) is -0.603. The lowest BCUT2D eigenvalue weighted by Gasteiger charge is -2.10. The zero-order valence-electron chi connectivity index (χ0n) is 16.8. The van der Waals surface area contributed by atoms with Gasteiger partial charge in [0.05, 0.1) is 47.7 Å². The Hall–Kier alpha value is -4.38. The molecule has 162 valence electrons. The Balaban J connectivity index is 1.27. The minimum Gasteiger partial charge on any atom is -0.320 e. The van der Waals surface area contributed by atoms with Crippen LogP contribution in [0.25, 0.3) is 21.8 Å². The molecule has 11 nitrogen and oxygen atoms in total. The first kappa shape index (κ1) is 20.9. The average molecular weight is 433 g/mol. The van der Waals surface area contributed by atoms with Crippen LogP contribution in [0.3, 0.4) is 0 Å². The van der Waals surface area contributed by atoms with Gasteiger partial charge < -0.3 is 5.32 Å². The predicted octanol–water partition coefficient (Wildman–Crippen LogP) is 0.137. The molecule has 0 unspecified atom stereocenters. The van der Waals surface area contributed by atoms with E-state index in [9.17, 15) is 19.2 Å². The van der Waals surface area contributed by atoms with Crippen LogP contribution in [0.5, 0.6) is 0 Å². The Labute approximate surface area is 180 Å². The van der Waals surface area contributed by atoms with Gasteiger partial charge in [0, 0.05) is 0 Å². The summed E-state index contributed by atoms with van der Waals surface area (Å²) in [5, 5.41) is 8.26. The Morgan fingerprint density at radius 3 is 1.91 bits per heavy atom. The van der Waals surface area contributed by atoms with Crippen molar-refractivity contribution >= 4 is 33.7 Å². The number of aromatic nitrogens is 4. The lowest BCUT2D eigenvalue weighted by Crippen LogP contribution is -2.45. The van der Waals surface area contributed by atoms with Gasteiger partial charge in [-0.15, -0.1) is 0 Å². The van der Waals surface area contributed by atoms with Crippen molar-refractivity contribution in [2.45, 2.75) is 13.3 Å². The number of urea groups is 1. The van der Waals surface area contributed by atoms with Crippen molar-refractivity contribution in [3.05, 3.63) is 81.9 Å². The number of nitrogens with one attached hydrogen (secondary N) is 3. The topological polar surface area (TPSA) is 140 Å². The van der Waals surface area contributed by atoms with Crippen molar-refractivity contribution in [3.8, 4) is 0 Å². The van der Waals surface area contributed by atoms with E-state index in [1.54, 1.807) is 48.5 Å². The van der Waals surface area contributed by atoms with Gasteiger partial charge in [-0.2, -0.15) is 0 Å². The predicted molar refractivity (Wildman–Crippen MR) is 117 cm³/mol. The molecule has 4 rings (SSSR count). The summed E-state index contributed by atoms with van der Waals surface area (Å²) in [4.78, 5) is 57.1. The van der Waals surface area contributed by atoms with Crippen LogP contribution in [0.4, 0.5) is 4.79 Å². The van der Waals surface area contributed by atoms with Gasteiger partial charge in [-0.1, -0.05) is 24.3 Å². The number of imide groups is 1. The second kappa shape index (κ2) is 9.18. The van der Waals surface area contributed by atoms with E-state index in [1.165, 1.54) is 21.8 Å². The molecule has 0 fully saturated rings. The highest BCUT2D eigenvalue weighted by molar-refractivity contribution is 5.95. The third-order valence-electron chi connectivity index (χ3n) is 4.69. The number of benzene rings is 2. The van der Waals surface area contributed by atoms with Crippen molar-refractivity contribution in [1.82, 2.24) is 35.1 Å². The zero-order chi connectivity index (χ0) is 22.5. The van der Waals surface area contributed by atoms with Crippen LogP contribution in [-0.4, -0.2) is 37.6 Å². The van der Waals surface area contributed by atoms with E-state index in [-0.39, 0.29) is 31.0 Å². The molecular weight excluding hydrogens is 414 g/mol. The Kier molecular flexibility index (Phi) is 5.99. The molecule has 3 amide bonds. The molecule has 0 bridgehead atoms. The fourth-order valence-corrected chi connectivity index (χ4v) is 3.10.